The van der Waals surface area contributed by atoms with Crippen LogP contribution < -0.4 is 0 Å². The molecule has 6 nitrogen and oxygen atoms in total. The van der Waals surface area contributed by atoms with Gasteiger partial charge in [0.1, 0.15) is 6.10 Å². The van der Waals surface area contributed by atoms with Crippen molar-refractivity contribution in [2.75, 3.05) is 13.7 Å². The van der Waals surface area contributed by atoms with Gasteiger partial charge in [-0.15, -0.1) is 0 Å². The monoisotopic (exact) mass is 562 g/mol. The summed E-state index contributed by atoms with van der Waals surface area (Å²) in [5.74, 6) is 0.0596. The Labute approximate surface area is 238 Å². The fraction of sp³-hybridized carbons (Fsp3) is 0.781. The number of carbonyl (C=O) groups excluding carboxylic acids is 1. The lowest BCUT2D eigenvalue weighted by molar-refractivity contribution is -0.104. The molecule has 222 valence electrons. The van der Waals surface area contributed by atoms with Gasteiger partial charge in [-0.3, -0.25) is 0 Å². The zero-order valence-electron chi connectivity index (χ0n) is 26.1. The van der Waals surface area contributed by atoms with E-state index in [-0.39, 0.29) is 65.4 Å². The second kappa shape index (κ2) is 13.6. The van der Waals surface area contributed by atoms with Crippen molar-refractivity contribution in [3.63, 3.8) is 0 Å². The number of benzene rings is 1. The smallest absolute Gasteiger partial charge is 0.338 e. The summed E-state index contributed by atoms with van der Waals surface area (Å²) in [6.45, 7) is 21.0. The highest BCUT2D eigenvalue weighted by Gasteiger charge is 2.47. The summed E-state index contributed by atoms with van der Waals surface area (Å²) in [4.78, 5) is 13.2. The molecule has 0 aromatic heterocycles. The molecular weight excluding hydrogens is 508 g/mol. The number of methoxy groups -OCH3 is 1. The van der Waals surface area contributed by atoms with Crippen LogP contribution in [-0.4, -0.2) is 64.6 Å². The second-order valence-corrected chi connectivity index (χ2v) is 18.4. The van der Waals surface area contributed by atoms with E-state index in [0.29, 0.717) is 12.2 Å². The number of rotatable bonds is 13. The van der Waals surface area contributed by atoms with E-state index in [1.54, 1.807) is 7.11 Å². The van der Waals surface area contributed by atoms with E-state index in [2.05, 4.69) is 61.6 Å². The fourth-order valence-electron chi connectivity index (χ4n) is 5.67. The summed E-state index contributed by atoms with van der Waals surface area (Å²) in [5, 5.41) is 0.0692. The van der Waals surface area contributed by atoms with Gasteiger partial charge in [-0.2, -0.15) is 0 Å². The summed E-state index contributed by atoms with van der Waals surface area (Å²) < 4.78 is 31.2. The molecular formula is C32H54O6Si. The quantitative estimate of drug-likeness (QED) is 0.143. The third kappa shape index (κ3) is 8.86. The SMILES string of the molecule is CO[C@H]1C[C@H](CC[C@H](C)[C@H](O[Si](C)(C)C(C)(C)C)[C@H](C)[C@@H](OC(=O)c2ccccc2)[C@@H](C)[C@H]2CO2)O[C@@H](C)C1. The lowest BCUT2D eigenvalue weighted by Crippen LogP contribution is -2.51. The predicted octanol–water partition coefficient (Wildman–Crippen LogP) is 7.27. The molecule has 9 atom stereocenters. The topological polar surface area (TPSA) is 66.5 Å². The highest BCUT2D eigenvalue weighted by Crippen LogP contribution is 2.42. The Kier molecular flexibility index (Phi) is 11.3. The molecule has 39 heavy (non-hydrogen) atoms. The van der Waals surface area contributed by atoms with Crippen molar-refractivity contribution in [2.45, 2.75) is 129 Å². The molecule has 1 aromatic carbocycles. The minimum Gasteiger partial charge on any atom is -0.458 e. The molecule has 2 heterocycles. The molecule has 2 aliphatic rings. The molecule has 0 bridgehead atoms. The maximum atomic E-state index is 13.2. The van der Waals surface area contributed by atoms with Crippen LogP contribution in [0.4, 0.5) is 0 Å². The fourth-order valence-corrected chi connectivity index (χ4v) is 7.15. The number of hydrogen-bond donors (Lipinski definition) is 0. The first kappa shape index (κ1) is 32.3. The maximum absolute atomic E-state index is 13.2. The van der Waals surface area contributed by atoms with E-state index in [4.69, 9.17) is 23.4 Å². The van der Waals surface area contributed by atoms with Gasteiger partial charge in [-0.25, -0.2) is 4.79 Å². The summed E-state index contributed by atoms with van der Waals surface area (Å²) in [7, 11) is -0.309. The van der Waals surface area contributed by atoms with Crippen LogP contribution in [0.25, 0.3) is 0 Å². The van der Waals surface area contributed by atoms with Gasteiger partial charge in [0.05, 0.1) is 42.7 Å². The van der Waals surface area contributed by atoms with Crippen LogP contribution in [0.15, 0.2) is 30.3 Å². The summed E-state index contributed by atoms with van der Waals surface area (Å²) in [5.41, 5.74) is 0.574. The van der Waals surface area contributed by atoms with Crippen molar-refractivity contribution >= 4 is 14.3 Å². The minimum absolute atomic E-state index is 0.00101. The number of epoxide rings is 1. The summed E-state index contributed by atoms with van der Waals surface area (Å²) in [6.07, 6.45) is 4.23. The molecule has 2 aliphatic heterocycles. The van der Waals surface area contributed by atoms with Gasteiger partial charge in [0.25, 0.3) is 0 Å². The number of hydrogen-bond acceptors (Lipinski definition) is 6. The van der Waals surface area contributed by atoms with Crippen molar-refractivity contribution in [1.82, 2.24) is 0 Å². The first-order valence-electron chi connectivity index (χ1n) is 15.0. The zero-order chi connectivity index (χ0) is 29.0. The van der Waals surface area contributed by atoms with Crippen molar-refractivity contribution in [3.05, 3.63) is 35.9 Å². The Hall–Kier alpha value is -1.25. The normalized spacial score (nSPS) is 27.7. The van der Waals surface area contributed by atoms with Gasteiger partial charge in [0, 0.05) is 18.9 Å². The van der Waals surface area contributed by atoms with E-state index in [9.17, 15) is 4.79 Å². The average molecular weight is 563 g/mol. The number of carbonyl (C=O) groups is 1. The minimum atomic E-state index is -2.11. The van der Waals surface area contributed by atoms with Crippen molar-refractivity contribution in [3.8, 4) is 0 Å². The molecule has 7 heteroatoms. The Bertz CT molecular complexity index is 896. The maximum Gasteiger partial charge on any atom is 0.338 e. The Balaban J connectivity index is 1.82. The number of ether oxygens (including phenoxy) is 4. The van der Waals surface area contributed by atoms with Gasteiger partial charge >= 0.3 is 5.97 Å². The summed E-state index contributed by atoms with van der Waals surface area (Å²) in [6, 6.07) is 9.28. The molecule has 0 radical (unpaired) electrons. The largest absolute Gasteiger partial charge is 0.458 e. The molecule has 2 fully saturated rings. The van der Waals surface area contributed by atoms with E-state index in [1.807, 2.05) is 30.3 Å². The molecule has 0 N–H and O–H groups in total. The molecule has 2 saturated heterocycles. The van der Waals surface area contributed by atoms with Gasteiger partial charge < -0.3 is 23.4 Å². The van der Waals surface area contributed by atoms with E-state index in [0.717, 1.165) is 25.7 Å². The third-order valence-electron chi connectivity index (χ3n) is 9.37. The Morgan fingerprint density at radius 2 is 1.72 bits per heavy atom. The average Bonchev–Trinajstić information content (AvgIpc) is 3.73. The van der Waals surface area contributed by atoms with Crippen molar-refractivity contribution in [2.24, 2.45) is 17.8 Å². The van der Waals surface area contributed by atoms with Crippen LogP contribution in [0, 0.1) is 17.8 Å². The zero-order valence-corrected chi connectivity index (χ0v) is 27.1. The molecule has 0 aliphatic carbocycles. The van der Waals surface area contributed by atoms with Crippen LogP contribution in [0.3, 0.4) is 0 Å². The predicted molar refractivity (Wildman–Crippen MR) is 159 cm³/mol. The Morgan fingerprint density at radius 3 is 2.28 bits per heavy atom. The van der Waals surface area contributed by atoms with Crippen LogP contribution in [0.2, 0.25) is 18.1 Å². The molecule has 0 saturated carbocycles. The molecule has 0 spiro atoms. The Morgan fingerprint density at radius 1 is 1.08 bits per heavy atom. The second-order valence-electron chi connectivity index (χ2n) is 13.6. The highest BCUT2D eigenvalue weighted by molar-refractivity contribution is 6.74. The summed E-state index contributed by atoms with van der Waals surface area (Å²) >= 11 is 0. The van der Waals surface area contributed by atoms with Crippen molar-refractivity contribution in [1.29, 1.82) is 0 Å². The molecule has 0 amide bonds. The van der Waals surface area contributed by atoms with E-state index >= 15 is 0 Å². The highest BCUT2D eigenvalue weighted by atomic mass is 28.4. The van der Waals surface area contributed by atoms with Crippen LogP contribution in [0.1, 0.15) is 84.5 Å². The van der Waals surface area contributed by atoms with Gasteiger partial charge in [0.2, 0.25) is 0 Å². The lowest BCUT2D eigenvalue weighted by atomic mass is 9.81. The van der Waals surface area contributed by atoms with Gasteiger partial charge in [-0.05, 0) is 68.8 Å². The lowest BCUT2D eigenvalue weighted by Gasteiger charge is -2.45. The van der Waals surface area contributed by atoms with E-state index < -0.39 is 8.32 Å². The number of esters is 1. The first-order chi connectivity index (χ1) is 18.2. The first-order valence-corrected chi connectivity index (χ1v) is 17.9. The third-order valence-corrected chi connectivity index (χ3v) is 13.8. The van der Waals surface area contributed by atoms with Crippen LogP contribution in [0.5, 0.6) is 0 Å². The molecule has 0 unspecified atom stereocenters. The van der Waals surface area contributed by atoms with Gasteiger partial charge in [0.15, 0.2) is 8.32 Å². The van der Waals surface area contributed by atoms with Crippen LogP contribution >= 0.6 is 0 Å². The van der Waals surface area contributed by atoms with Crippen molar-refractivity contribution < 1.29 is 28.2 Å². The van der Waals surface area contributed by atoms with Crippen LogP contribution in [-0.2, 0) is 23.4 Å². The molecule has 1 aromatic rings. The standard InChI is InChI=1S/C32H54O6Si/c1-21(16-17-26-19-27(34-8)18-22(2)36-26)29(38-39(9,10)32(5,6)7)24(4)30(23(3)28-20-35-28)37-31(33)25-14-12-11-13-15-25/h11-15,21-24,26-30H,16-20H2,1-10H3/t21-,22-,23-,24-,26-,27+,28+,29-,30-/m0/s1. The van der Waals surface area contributed by atoms with Gasteiger partial charge in [-0.1, -0.05) is 59.7 Å². The molecule has 3 rings (SSSR count). The van der Waals surface area contributed by atoms with E-state index in [1.165, 1.54) is 0 Å².